The molecule has 1 aromatic carbocycles. The molecular formula is C17H21BrN2O2. The molecule has 1 heterocycles. The minimum Gasteiger partial charge on any atom is -0.491 e. The highest BCUT2D eigenvalue weighted by Gasteiger charge is 2.14. The Labute approximate surface area is 139 Å². The Kier molecular flexibility index (Phi) is 4.54. The van der Waals surface area contributed by atoms with Crippen molar-refractivity contribution >= 4 is 15.9 Å². The van der Waals surface area contributed by atoms with E-state index in [9.17, 15) is 5.11 Å². The third-order valence-corrected chi connectivity index (χ3v) is 5.34. The molecule has 1 N–H and O–H groups in total. The first-order valence-electron chi connectivity index (χ1n) is 7.67. The van der Waals surface area contributed by atoms with Crippen LogP contribution in [0, 0.1) is 13.8 Å². The van der Waals surface area contributed by atoms with Crippen molar-refractivity contribution in [2.75, 3.05) is 6.61 Å². The normalized spacial score (nSPS) is 14.9. The fraction of sp³-hybridized carbons (Fsp3) is 0.471. The number of ether oxygens (including phenoxy) is 1. The molecule has 0 radical (unpaired) electrons. The number of hydrogen-bond acceptors (Lipinski definition) is 3. The molecule has 0 amide bonds. The molecule has 5 heteroatoms. The minimum absolute atomic E-state index is 0.273. The van der Waals surface area contributed by atoms with Gasteiger partial charge in [0.15, 0.2) is 0 Å². The van der Waals surface area contributed by atoms with Crippen molar-refractivity contribution in [1.29, 1.82) is 0 Å². The van der Waals surface area contributed by atoms with Crippen molar-refractivity contribution < 1.29 is 9.84 Å². The van der Waals surface area contributed by atoms with E-state index in [0.717, 1.165) is 28.0 Å². The standard InChI is InChI=1S/C17H21BrN2O2/c1-11-17(18)12(2)20(19-11)9-15(21)10-22-16-7-6-13-4-3-5-14(13)8-16/h6-8,15,21H,3-5,9-10H2,1-2H3/t15-/m1/s1. The molecule has 1 aliphatic carbocycles. The zero-order valence-corrected chi connectivity index (χ0v) is 14.6. The summed E-state index contributed by atoms with van der Waals surface area (Å²) in [4.78, 5) is 0. The topological polar surface area (TPSA) is 47.3 Å². The van der Waals surface area contributed by atoms with Crippen LogP contribution < -0.4 is 4.74 Å². The van der Waals surface area contributed by atoms with Gasteiger partial charge < -0.3 is 9.84 Å². The molecule has 3 rings (SSSR count). The van der Waals surface area contributed by atoms with Gasteiger partial charge in [-0.25, -0.2) is 0 Å². The van der Waals surface area contributed by atoms with Gasteiger partial charge in [0.05, 0.1) is 16.7 Å². The Hall–Kier alpha value is -1.33. The number of aliphatic hydroxyl groups is 1. The third kappa shape index (κ3) is 3.20. The van der Waals surface area contributed by atoms with E-state index >= 15 is 0 Å². The van der Waals surface area contributed by atoms with Crippen LogP contribution in [-0.4, -0.2) is 27.6 Å². The second kappa shape index (κ2) is 6.42. The predicted molar refractivity (Wildman–Crippen MR) is 89.4 cm³/mol. The summed E-state index contributed by atoms with van der Waals surface area (Å²) >= 11 is 3.50. The highest BCUT2D eigenvalue weighted by atomic mass is 79.9. The van der Waals surface area contributed by atoms with Crippen LogP contribution in [0.25, 0.3) is 0 Å². The Bertz CT molecular complexity index is 682. The molecule has 22 heavy (non-hydrogen) atoms. The lowest BCUT2D eigenvalue weighted by Crippen LogP contribution is -2.24. The molecule has 4 nitrogen and oxygen atoms in total. The Balaban J connectivity index is 1.58. The third-order valence-electron chi connectivity index (χ3n) is 4.19. The van der Waals surface area contributed by atoms with Gasteiger partial charge in [-0.15, -0.1) is 0 Å². The number of nitrogens with zero attached hydrogens (tertiary/aromatic N) is 2. The SMILES string of the molecule is Cc1nn(C[C@@H](O)COc2ccc3c(c2)CCC3)c(C)c1Br. The van der Waals surface area contributed by atoms with E-state index in [2.05, 4.69) is 33.2 Å². The molecule has 1 aromatic heterocycles. The van der Waals surface area contributed by atoms with Crippen molar-refractivity contribution in [2.24, 2.45) is 0 Å². The van der Waals surface area contributed by atoms with Gasteiger partial charge in [0.2, 0.25) is 0 Å². The second-order valence-electron chi connectivity index (χ2n) is 5.92. The van der Waals surface area contributed by atoms with Crippen LogP contribution in [0.4, 0.5) is 0 Å². The van der Waals surface area contributed by atoms with Crippen LogP contribution in [0.15, 0.2) is 22.7 Å². The minimum atomic E-state index is -0.585. The lowest BCUT2D eigenvalue weighted by molar-refractivity contribution is 0.0886. The maximum absolute atomic E-state index is 10.2. The van der Waals surface area contributed by atoms with Crippen LogP contribution in [0.5, 0.6) is 5.75 Å². The number of fused-ring (bicyclic) bond motifs is 1. The molecule has 1 aliphatic rings. The monoisotopic (exact) mass is 364 g/mol. The number of halogens is 1. The van der Waals surface area contributed by atoms with E-state index in [1.165, 1.54) is 24.0 Å². The van der Waals surface area contributed by atoms with Crippen LogP contribution in [0.1, 0.15) is 28.9 Å². The van der Waals surface area contributed by atoms with Gasteiger partial charge in [-0.1, -0.05) is 6.07 Å². The smallest absolute Gasteiger partial charge is 0.119 e. The van der Waals surface area contributed by atoms with E-state index < -0.39 is 6.10 Å². The fourth-order valence-corrected chi connectivity index (χ4v) is 3.22. The zero-order valence-electron chi connectivity index (χ0n) is 13.0. The Morgan fingerprint density at radius 1 is 1.32 bits per heavy atom. The van der Waals surface area contributed by atoms with E-state index in [-0.39, 0.29) is 6.61 Å². The average Bonchev–Trinajstić information content (AvgIpc) is 3.06. The van der Waals surface area contributed by atoms with Crippen molar-refractivity contribution in [3.8, 4) is 5.75 Å². The number of aryl methyl sites for hydroxylation is 3. The maximum Gasteiger partial charge on any atom is 0.119 e. The molecule has 0 unspecified atom stereocenters. The first-order valence-corrected chi connectivity index (χ1v) is 8.46. The van der Waals surface area contributed by atoms with Crippen molar-refractivity contribution in [3.05, 3.63) is 45.2 Å². The van der Waals surface area contributed by atoms with E-state index in [1.54, 1.807) is 0 Å². The zero-order chi connectivity index (χ0) is 15.7. The van der Waals surface area contributed by atoms with Crippen LogP contribution >= 0.6 is 15.9 Å². The molecule has 0 spiro atoms. The van der Waals surface area contributed by atoms with Gasteiger partial charge in [0.1, 0.15) is 18.5 Å². The summed E-state index contributed by atoms with van der Waals surface area (Å²) < 4.78 is 8.55. The molecule has 0 fully saturated rings. The molecule has 1 atom stereocenters. The largest absolute Gasteiger partial charge is 0.491 e. The van der Waals surface area contributed by atoms with E-state index in [4.69, 9.17) is 4.74 Å². The summed E-state index contributed by atoms with van der Waals surface area (Å²) in [6.07, 6.45) is 2.95. The summed E-state index contributed by atoms with van der Waals surface area (Å²) in [6.45, 7) is 4.64. The molecule has 0 saturated heterocycles. The molecule has 0 bridgehead atoms. The van der Waals surface area contributed by atoms with Crippen LogP contribution in [0.2, 0.25) is 0 Å². The number of aliphatic hydroxyl groups excluding tert-OH is 1. The van der Waals surface area contributed by atoms with Gasteiger partial charge in [-0.2, -0.15) is 5.10 Å². The summed E-state index contributed by atoms with van der Waals surface area (Å²) in [6, 6.07) is 6.24. The highest BCUT2D eigenvalue weighted by Crippen LogP contribution is 2.26. The van der Waals surface area contributed by atoms with Crippen molar-refractivity contribution in [2.45, 2.75) is 45.8 Å². The molecular weight excluding hydrogens is 344 g/mol. The van der Waals surface area contributed by atoms with Crippen molar-refractivity contribution in [1.82, 2.24) is 9.78 Å². The highest BCUT2D eigenvalue weighted by molar-refractivity contribution is 9.10. The predicted octanol–water partition coefficient (Wildman–Crippen LogP) is 3.19. The molecule has 118 valence electrons. The molecule has 0 saturated carbocycles. The number of aromatic nitrogens is 2. The summed E-state index contributed by atoms with van der Waals surface area (Å²) in [5.41, 5.74) is 4.77. The average molecular weight is 365 g/mol. The molecule has 0 aliphatic heterocycles. The second-order valence-corrected chi connectivity index (χ2v) is 6.71. The first-order chi connectivity index (χ1) is 10.5. The summed E-state index contributed by atoms with van der Waals surface area (Å²) in [5.74, 6) is 0.842. The van der Waals surface area contributed by atoms with Gasteiger partial charge >= 0.3 is 0 Å². The molecule has 2 aromatic rings. The number of rotatable bonds is 5. The summed E-state index contributed by atoms with van der Waals surface area (Å²) in [5, 5.41) is 14.6. The number of benzene rings is 1. The quantitative estimate of drug-likeness (QED) is 0.885. The van der Waals surface area contributed by atoms with Crippen LogP contribution in [0.3, 0.4) is 0 Å². The van der Waals surface area contributed by atoms with Crippen LogP contribution in [-0.2, 0) is 19.4 Å². The number of hydrogen-bond donors (Lipinski definition) is 1. The lowest BCUT2D eigenvalue weighted by atomic mass is 10.1. The van der Waals surface area contributed by atoms with Gasteiger partial charge in [0, 0.05) is 5.69 Å². The Morgan fingerprint density at radius 2 is 2.09 bits per heavy atom. The van der Waals surface area contributed by atoms with E-state index in [0.29, 0.717) is 6.54 Å². The summed E-state index contributed by atoms with van der Waals surface area (Å²) in [7, 11) is 0. The lowest BCUT2D eigenvalue weighted by Gasteiger charge is -2.14. The van der Waals surface area contributed by atoms with Gasteiger partial charge in [-0.05, 0) is 72.3 Å². The first kappa shape index (κ1) is 15.6. The Morgan fingerprint density at radius 3 is 2.82 bits per heavy atom. The fourth-order valence-electron chi connectivity index (χ4n) is 2.94. The van der Waals surface area contributed by atoms with Gasteiger partial charge in [-0.3, -0.25) is 4.68 Å². The maximum atomic E-state index is 10.2. The van der Waals surface area contributed by atoms with Crippen molar-refractivity contribution in [3.63, 3.8) is 0 Å². The van der Waals surface area contributed by atoms with Gasteiger partial charge in [0.25, 0.3) is 0 Å². The van der Waals surface area contributed by atoms with E-state index in [1.807, 2.05) is 24.6 Å².